The molecule has 2 aromatic heterocycles. The smallest absolute Gasteiger partial charge is 0.267 e. The van der Waals surface area contributed by atoms with E-state index in [0.29, 0.717) is 30.1 Å². The molecule has 1 saturated carbocycles. The summed E-state index contributed by atoms with van der Waals surface area (Å²) in [4.78, 5) is 24.4. The molecule has 0 spiro atoms. The van der Waals surface area contributed by atoms with Crippen LogP contribution >= 0.6 is 0 Å². The third kappa shape index (κ3) is 3.21. The molecule has 0 radical (unpaired) electrons. The first-order valence-electron chi connectivity index (χ1n) is 9.06. The summed E-state index contributed by atoms with van der Waals surface area (Å²) in [5.41, 5.74) is 1.50. The summed E-state index contributed by atoms with van der Waals surface area (Å²) >= 11 is 0. The highest BCUT2D eigenvalue weighted by molar-refractivity contribution is 5.75. The monoisotopic (exact) mass is 353 g/mol. The Morgan fingerprint density at radius 3 is 2.73 bits per heavy atom. The molecule has 136 valence electrons. The number of hydrogen-bond acceptors (Lipinski definition) is 4. The molecule has 2 bridgehead atoms. The van der Waals surface area contributed by atoms with E-state index in [2.05, 4.69) is 27.7 Å². The van der Waals surface area contributed by atoms with Crippen LogP contribution in [-0.4, -0.2) is 32.0 Å². The van der Waals surface area contributed by atoms with Crippen LogP contribution in [0.1, 0.15) is 24.2 Å². The highest BCUT2D eigenvalue weighted by atomic mass is 16.2. The van der Waals surface area contributed by atoms with Crippen molar-refractivity contribution in [3.63, 3.8) is 0 Å². The van der Waals surface area contributed by atoms with Gasteiger partial charge in [0.2, 0.25) is 5.91 Å². The van der Waals surface area contributed by atoms with Crippen molar-refractivity contribution in [1.82, 2.24) is 24.9 Å². The highest BCUT2D eigenvalue weighted by Crippen LogP contribution is 2.42. The molecule has 26 heavy (non-hydrogen) atoms. The maximum Gasteiger partial charge on any atom is 0.267 e. The minimum atomic E-state index is -0.298. The fourth-order valence-corrected chi connectivity index (χ4v) is 4.09. The average Bonchev–Trinajstić information content (AvgIpc) is 3.30. The SMILES string of the molecule is Cc1cc(C)n(-c2ccc(=O)n(CC(=O)NCC3CC4C=CC3C4)n2)n1. The van der Waals surface area contributed by atoms with Gasteiger partial charge >= 0.3 is 0 Å². The lowest BCUT2D eigenvalue weighted by Gasteiger charge is -2.18. The van der Waals surface area contributed by atoms with E-state index in [9.17, 15) is 9.59 Å². The Labute approximate surface area is 151 Å². The second-order valence-corrected chi connectivity index (χ2v) is 7.37. The van der Waals surface area contributed by atoms with Gasteiger partial charge in [0.1, 0.15) is 6.54 Å². The first-order valence-corrected chi connectivity index (χ1v) is 9.06. The number of hydrogen-bond donors (Lipinski definition) is 1. The summed E-state index contributed by atoms with van der Waals surface area (Å²) < 4.78 is 2.87. The van der Waals surface area contributed by atoms with Gasteiger partial charge in [0.05, 0.1) is 5.69 Å². The van der Waals surface area contributed by atoms with Gasteiger partial charge in [-0.2, -0.15) is 5.10 Å². The Hall–Kier alpha value is -2.70. The molecule has 3 unspecified atom stereocenters. The Kier molecular flexibility index (Phi) is 4.22. The van der Waals surface area contributed by atoms with Gasteiger partial charge in [-0.3, -0.25) is 9.59 Å². The van der Waals surface area contributed by atoms with E-state index in [-0.39, 0.29) is 18.0 Å². The fraction of sp³-hybridized carbons (Fsp3) is 0.474. The fourth-order valence-electron chi connectivity index (χ4n) is 4.09. The van der Waals surface area contributed by atoms with E-state index < -0.39 is 0 Å². The summed E-state index contributed by atoms with van der Waals surface area (Å²) in [6, 6.07) is 4.98. The second-order valence-electron chi connectivity index (χ2n) is 7.37. The van der Waals surface area contributed by atoms with Gasteiger partial charge in [0.15, 0.2) is 5.82 Å². The summed E-state index contributed by atoms with van der Waals surface area (Å²) in [6.45, 7) is 4.41. The van der Waals surface area contributed by atoms with Gasteiger partial charge in [0.25, 0.3) is 5.56 Å². The van der Waals surface area contributed by atoms with Crippen molar-refractivity contribution in [3.05, 3.63) is 52.1 Å². The van der Waals surface area contributed by atoms with Crippen LogP contribution < -0.4 is 10.9 Å². The van der Waals surface area contributed by atoms with Gasteiger partial charge in [-0.15, -0.1) is 5.10 Å². The molecule has 7 nitrogen and oxygen atoms in total. The van der Waals surface area contributed by atoms with Gasteiger partial charge in [-0.05, 0) is 56.6 Å². The number of nitrogens with one attached hydrogen (secondary N) is 1. The van der Waals surface area contributed by atoms with Gasteiger partial charge in [-0.1, -0.05) is 12.2 Å². The molecule has 2 heterocycles. The van der Waals surface area contributed by atoms with Crippen molar-refractivity contribution in [2.75, 3.05) is 6.54 Å². The molecule has 1 fully saturated rings. The predicted molar refractivity (Wildman–Crippen MR) is 96.9 cm³/mol. The molecule has 2 aliphatic carbocycles. The third-order valence-corrected chi connectivity index (χ3v) is 5.35. The molecule has 0 aromatic carbocycles. The van der Waals surface area contributed by atoms with Crippen molar-refractivity contribution < 1.29 is 4.79 Å². The van der Waals surface area contributed by atoms with Gasteiger partial charge in [0, 0.05) is 18.3 Å². The van der Waals surface area contributed by atoms with Crippen molar-refractivity contribution in [2.45, 2.75) is 33.2 Å². The van der Waals surface area contributed by atoms with Crippen LogP contribution in [0.15, 0.2) is 35.1 Å². The lowest BCUT2D eigenvalue weighted by atomic mass is 9.94. The van der Waals surface area contributed by atoms with Crippen molar-refractivity contribution in [1.29, 1.82) is 0 Å². The van der Waals surface area contributed by atoms with E-state index in [1.165, 1.54) is 17.2 Å². The van der Waals surface area contributed by atoms with E-state index in [4.69, 9.17) is 0 Å². The Morgan fingerprint density at radius 1 is 1.23 bits per heavy atom. The predicted octanol–water partition coefficient (Wildman–Crippen LogP) is 1.37. The zero-order valence-corrected chi connectivity index (χ0v) is 15.1. The molecule has 1 amide bonds. The van der Waals surface area contributed by atoms with Crippen LogP contribution in [0, 0.1) is 31.6 Å². The highest BCUT2D eigenvalue weighted by Gasteiger charge is 2.35. The van der Waals surface area contributed by atoms with Crippen LogP contribution in [0.4, 0.5) is 0 Å². The molecule has 0 aliphatic heterocycles. The molecule has 2 aromatic rings. The quantitative estimate of drug-likeness (QED) is 0.823. The van der Waals surface area contributed by atoms with Gasteiger partial charge < -0.3 is 5.32 Å². The van der Waals surface area contributed by atoms with E-state index in [0.717, 1.165) is 17.8 Å². The normalized spacial score (nSPS) is 23.5. The van der Waals surface area contributed by atoms with E-state index >= 15 is 0 Å². The van der Waals surface area contributed by atoms with Crippen LogP contribution in [0.2, 0.25) is 0 Å². The number of nitrogens with zero attached hydrogens (tertiary/aromatic N) is 4. The number of aryl methyl sites for hydroxylation is 2. The number of rotatable bonds is 5. The van der Waals surface area contributed by atoms with Crippen LogP contribution in [0.25, 0.3) is 5.82 Å². The summed E-state index contributed by atoms with van der Waals surface area (Å²) in [6.07, 6.45) is 6.92. The first kappa shape index (κ1) is 16.8. The van der Waals surface area contributed by atoms with Gasteiger partial charge in [-0.25, -0.2) is 9.36 Å². The van der Waals surface area contributed by atoms with Crippen molar-refractivity contribution in [2.24, 2.45) is 17.8 Å². The molecule has 0 saturated heterocycles. The first-order chi connectivity index (χ1) is 12.5. The zero-order chi connectivity index (χ0) is 18.3. The molecule has 3 atom stereocenters. The summed E-state index contributed by atoms with van der Waals surface area (Å²) in [7, 11) is 0. The molecule has 2 aliphatic rings. The topological polar surface area (TPSA) is 81.8 Å². The number of allylic oxidation sites excluding steroid dienone is 2. The third-order valence-electron chi connectivity index (χ3n) is 5.35. The van der Waals surface area contributed by atoms with Crippen molar-refractivity contribution >= 4 is 5.91 Å². The van der Waals surface area contributed by atoms with E-state index in [1.807, 2.05) is 19.9 Å². The summed E-state index contributed by atoms with van der Waals surface area (Å²) in [5, 5.41) is 11.6. The Balaban J connectivity index is 1.43. The standard InChI is InChI=1S/C19H23N5O2/c1-12-7-13(2)24(21-12)17-5-6-19(26)23(22-17)11-18(25)20-10-16-9-14-3-4-15(16)8-14/h3-7,14-16H,8-11H2,1-2H3,(H,20,25). The van der Waals surface area contributed by atoms with Crippen LogP contribution in [0.5, 0.6) is 0 Å². The Morgan fingerprint density at radius 2 is 2.08 bits per heavy atom. The zero-order valence-electron chi connectivity index (χ0n) is 15.1. The lowest BCUT2D eigenvalue weighted by Crippen LogP contribution is -2.37. The number of carbonyl (C=O) groups excluding carboxylic acids is 1. The lowest BCUT2D eigenvalue weighted by molar-refractivity contribution is -0.122. The maximum absolute atomic E-state index is 12.3. The number of carbonyl (C=O) groups is 1. The molecule has 7 heteroatoms. The van der Waals surface area contributed by atoms with Crippen LogP contribution in [-0.2, 0) is 11.3 Å². The average molecular weight is 353 g/mol. The van der Waals surface area contributed by atoms with Crippen LogP contribution in [0.3, 0.4) is 0 Å². The minimum Gasteiger partial charge on any atom is -0.354 e. The second kappa shape index (κ2) is 6.55. The van der Waals surface area contributed by atoms with Crippen molar-refractivity contribution in [3.8, 4) is 5.82 Å². The molecule has 4 rings (SSSR count). The number of fused-ring (bicyclic) bond motifs is 2. The van der Waals surface area contributed by atoms with E-state index in [1.54, 1.807) is 10.7 Å². The number of amides is 1. The molecule has 1 N–H and O–H groups in total. The summed E-state index contributed by atoms with van der Waals surface area (Å²) in [5.74, 6) is 2.14. The Bertz CT molecular complexity index is 926. The minimum absolute atomic E-state index is 0.0807. The largest absolute Gasteiger partial charge is 0.354 e. The molecular formula is C19H23N5O2. The molecular weight excluding hydrogens is 330 g/mol. The maximum atomic E-state index is 12.3. The number of aromatic nitrogens is 4.